The highest BCUT2D eigenvalue weighted by molar-refractivity contribution is 6.23. The Balaban J connectivity index is 0.000000438. The number of hydrogen-bond donors (Lipinski definition) is 1. The minimum absolute atomic E-state index is 0.144. The summed E-state index contributed by atoms with van der Waals surface area (Å²) in [6.07, 6.45) is 2.83. The average Bonchev–Trinajstić information content (AvgIpc) is 2.87. The van der Waals surface area contributed by atoms with Gasteiger partial charge >= 0.3 is 6.16 Å². The van der Waals surface area contributed by atoms with Gasteiger partial charge in [-0.3, -0.25) is 4.79 Å². The third-order valence-electron chi connectivity index (χ3n) is 5.68. The van der Waals surface area contributed by atoms with E-state index in [0.717, 1.165) is 37.1 Å². The lowest BCUT2D eigenvalue weighted by Gasteiger charge is -2.41. The van der Waals surface area contributed by atoms with Crippen LogP contribution in [0.2, 0.25) is 0 Å². The van der Waals surface area contributed by atoms with E-state index in [2.05, 4.69) is 43.7 Å². The molecule has 1 N–H and O–H groups in total. The number of carbonyl (C=O) groups excluding carboxylic acids is 1. The number of nitrogens with zero attached hydrogens (tertiary/aromatic N) is 2. The first-order chi connectivity index (χ1) is 13.6. The Bertz CT molecular complexity index is 771. The maximum Gasteiger partial charge on any atom is 0.505 e. The molecule has 160 valence electrons. The second kappa shape index (κ2) is 9.41. The molecular formula is C22H32N2O5. The van der Waals surface area contributed by atoms with E-state index in [9.17, 15) is 9.59 Å². The quantitative estimate of drug-likeness (QED) is 0.776. The van der Waals surface area contributed by atoms with Crippen molar-refractivity contribution in [3.63, 3.8) is 0 Å². The monoisotopic (exact) mass is 404 g/mol. The molecule has 0 aromatic heterocycles. The molecule has 1 aromatic rings. The smallest absolute Gasteiger partial charge is 0.450 e. The molecule has 1 fully saturated rings. The van der Waals surface area contributed by atoms with Gasteiger partial charge in [0.1, 0.15) is 0 Å². The molecule has 2 aliphatic heterocycles. The molecule has 0 atom stereocenters. The predicted octanol–water partition coefficient (Wildman–Crippen LogP) is 3.56. The molecule has 1 aromatic carbocycles. The lowest BCUT2D eigenvalue weighted by Crippen LogP contribution is -2.51. The van der Waals surface area contributed by atoms with Crippen molar-refractivity contribution in [2.75, 3.05) is 33.9 Å². The predicted molar refractivity (Wildman–Crippen MR) is 112 cm³/mol. The first-order valence-corrected chi connectivity index (χ1v) is 9.89. The summed E-state index contributed by atoms with van der Waals surface area (Å²) in [5.74, 6) is 0.144. The third-order valence-corrected chi connectivity index (χ3v) is 5.68. The zero-order valence-electron chi connectivity index (χ0n) is 18.2. The van der Waals surface area contributed by atoms with E-state index in [1.165, 1.54) is 16.7 Å². The Kier molecular flexibility index (Phi) is 7.43. The Labute approximate surface area is 172 Å². The fourth-order valence-electron chi connectivity index (χ4n) is 4.25. The highest BCUT2D eigenvalue weighted by atomic mass is 16.7. The summed E-state index contributed by atoms with van der Waals surface area (Å²) in [6, 6.07) is 4.32. The van der Waals surface area contributed by atoms with Crippen LogP contribution in [0.4, 0.5) is 4.79 Å². The number of rotatable bonds is 3. The molecular weight excluding hydrogens is 372 g/mol. The molecule has 1 amide bonds. The fourth-order valence-corrected chi connectivity index (χ4v) is 4.25. The van der Waals surface area contributed by atoms with E-state index in [1.807, 2.05) is 17.0 Å². The standard InChI is InChI=1S/C19H26N2O2.C3H6O3/c1-13-10-14(2)17(15(3)11-13)16-12-19(20(4)18(16)22)6-8-21(23-5)9-7-19;1-2-6-3(4)5/h10-12H,6-9H2,1-5H3;2H2,1H3,(H,4,5). The number of likely N-dealkylation sites (N-methyl/N-ethyl adjacent to an activating group) is 1. The fraction of sp³-hybridized carbons (Fsp3) is 0.545. The SMILES string of the molecule is CCOC(=O)O.CON1CCC2(C=C(c3c(C)cc(C)cc3C)C(=O)N2C)CC1. The van der Waals surface area contributed by atoms with Gasteiger partial charge in [-0.15, -0.1) is 0 Å². The van der Waals surface area contributed by atoms with Gasteiger partial charge < -0.3 is 19.6 Å². The van der Waals surface area contributed by atoms with Crippen molar-refractivity contribution in [3.05, 3.63) is 40.5 Å². The summed E-state index contributed by atoms with van der Waals surface area (Å²) in [5.41, 5.74) is 5.42. The average molecular weight is 405 g/mol. The van der Waals surface area contributed by atoms with Gasteiger partial charge in [0.2, 0.25) is 0 Å². The van der Waals surface area contributed by atoms with Crippen LogP contribution in [-0.4, -0.2) is 66.5 Å². The number of ether oxygens (including phenoxy) is 1. The van der Waals surface area contributed by atoms with Crippen LogP contribution in [0.25, 0.3) is 5.57 Å². The number of carbonyl (C=O) groups is 2. The van der Waals surface area contributed by atoms with E-state index in [4.69, 9.17) is 9.94 Å². The Morgan fingerprint density at radius 3 is 2.14 bits per heavy atom. The number of hydrogen-bond acceptors (Lipinski definition) is 5. The molecule has 1 spiro atoms. The topological polar surface area (TPSA) is 79.3 Å². The lowest BCUT2D eigenvalue weighted by molar-refractivity contribution is -0.158. The molecule has 0 saturated carbocycles. The van der Waals surface area contributed by atoms with Crippen LogP contribution in [0.5, 0.6) is 0 Å². The van der Waals surface area contributed by atoms with Crippen LogP contribution in [0.1, 0.15) is 42.0 Å². The van der Waals surface area contributed by atoms with Crippen molar-refractivity contribution < 1.29 is 24.3 Å². The van der Waals surface area contributed by atoms with Crippen LogP contribution in [-0.2, 0) is 14.4 Å². The molecule has 2 aliphatic rings. The van der Waals surface area contributed by atoms with E-state index in [1.54, 1.807) is 14.0 Å². The van der Waals surface area contributed by atoms with Gasteiger partial charge in [0, 0.05) is 25.7 Å². The zero-order valence-corrected chi connectivity index (χ0v) is 18.2. The van der Waals surface area contributed by atoms with E-state index >= 15 is 0 Å². The van der Waals surface area contributed by atoms with Crippen molar-refractivity contribution in [2.24, 2.45) is 0 Å². The number of piperidine rings is 1. The largest absolute Gasteiger partial charge is 0.505 e. The van der Waals surface area contributed by atoms with Crippen LogP contribution >= 0.6 is 0 Å². The Hall–Kier alpha value is -2.38. The van der Waals surface area contributed by atoms with Crippen LogP contribution < -0.4 is 0 Å². The number of benzene rings is 1. The van der Waals surface area contributed by atoms with Crippen molar-refractivity contribution in [1.82, 2.24) is 9.96 Å². The summed E-state index contributed by atoms with van der Waals surface area (Å²) in [6.45, 7) is 9.85. The molecule has 29 heavy (non-hydrogen) atoms. The van der Waals surface area contributed by atoms with Crippen molar-refractivity contribution >= 4 is 17.6 Å². The number of aryl methyl sites for hydroxylation is 3. The lowest BCUT2D eigenvalue weighted by atomic mass is 9.86. The highest BCUT2D eigenvalue weighted by Crippen LogP contribution is 2.41. The molecule has 3 rings (SSSR count). The molecule has 7 nitrogen and oxygen atoms in total. The van der Waals surface area contributed by atoms with Gasteiger partial charge in [-0.2, -0.15) is 5.06 Å². The normalized spacial score (nSPS) is 18.3. The number of carboxylic acid groups (broad SMARTS) is 1. The second-order valence-electron chi connectivity index (χ2n) is 7.61. The maximum atomic E-state index is 12.9. The molecule has 7 heteroatoms. The van der Waals surface area contributed by atoms with Crippen LogP contribution in [0, 0.1) is 20.8 Å². The summed E-state index contributed by atoms with van der Waals surface area (Å²) >= 11 is 0. The summed E-state index contributed by atoms with van der Waals surface area (Å²) in [5, 5.41) is 9.66. The molecule has 0 aliphatic carbocycles. The summed E-state index contributed by atoms with van der Waals surface area (Å²) < 4.78 is 3.96. The molecule has 0 radical (unpaired) electrons. The molecule has 0 unspecified atom stereocenters. The van der Waals surface area contributed by atoms with Crippen LogP contribution in [0.15, 0.2) is 18.2 Å². The molecule has 0 bridgehead atoms. The Morgan fingerprint density at radius 1 is 1.17 bits per heavy atom. The van der Waals surface area contributed by atoms with Crippen LogP contribution in [0.3, 0.4) is 0 Å². The summed E-state index contributed by atoms with van der Waals surface area (Å²) in [4.78, 5) is 29.6. The first-order valence-electron chi connectivity index (χ1n) is 9.89. The van der Waals surface area contributed by atoms with Gasteiger partial charge in [-0.05, 0) is 63.3 Å². The molecule has 1 saturated heterocycles. The van der Waals surface area contributed by atoms with Crippen molar-refractivity contribution in [3.8, 4) is 0 Å². The van der Waals surface area contributed by atoms with Crippen molar-refractivity contribution in [1.29, 1.82) is 0 Å². The van der Waals surface area contributed by atoms with Gasteiger partial charge in [0.15, 0.2) is 0 Å². The maximum absolute atomic E-state index is 12.9. The van der Waals surface area contributed by atoms with Gasteiger partial charge in [-0.1, -0.05) is 17.7 Å². The van der Waals surface area contributed by atoms with E-state index in [0.29, 0.717) is 0 Å². The van der Waals surface area contributed by atoms with Gasteiger partial charge in [0.25, 0.3) is 5.91 Å². The van der Waals surface area contributed by atoms with Gasteiger partial charge in [-0.25, -0.2) is 4.79 Å². The second-order valence-corrected chi connectivity index (χ2v) is 7.61. The van der Waals surface area contributed by atoms with E-state index < -0.39 is 6.16 Å². The van der Waals surface area contributed by atoms with Crippen molar-refractivity contribution in [2.45, 2.75) is 46.1 Å². The third kappa shape index (κ3) is 4.97. The minimum Gasteiger partial charge on any atom is -0.450 e. The van der Waals surface area contributed by atoms with Gasteiger partial charge in [0.05, 0.1) is 19.3 Å². The number of hydroxylamine groups is 2. The minimum atomic E-state index is -1.21. The number of amides is 1. The Morgan fingerprint density at radius 2 is 1.72 bits per heavy atom. The zero-order chi connectivity index (χ0) is 21.8. The molecule has 2 heterocycles. The first kappa shape index (κ1) is 22.9. The summed E-state index contributed by atoms with van der Waals surface area (Å²) in [7, 11) is 3.65. The highest BCUT2D eigenvalue weighted by Gasteiger charge is 2.45. The van der Waals surface area contributed by atoms with E-state index in [-0.39, 0.29) is 18.1 Å².